The summed E-state index contributed by atoms with van der Waals surface area (Å²) in [5.74, 6) is -3.01. The van der Waals surface area contributed by atoms with Crippen LogP contribution < -0.4 is 10.5 Å². The van der Waals surface area contributed by atoms with E-state index in [-0.39, 0.29) is 5.56 Å². The van der Waals surface area contributed by atoms with Crippen LogP contribution in [0.2, 0.25) is 5.02 Å². The van der Waals surface area contributed by atoms with E-state index < -0.39 is 23.5 Å². The lowest BCUT2D eigenvalue weighted by molar-refractivity contribution is 0.407. The Morgan fingerprint density at radius 2 is 1.65 bits per heavy atom. The van der Waals surface area contributed by atoms with Gasteiger partial charge in [0.15, 0.2) is 11.6 Å². The molecule has 2 nitrogen and oxygen atoms in total. The first kappa shape index (κ1) is 14.7. The van der Waals surface area contributed by atoms with Gasteiger partial charge in [-0.15, -0.1) is 0 Å². The normalized spacial score (nSPS) is 12.3. The predicted octanol–water partition coefficient (Wildman–Crippen LogP) is 3.81. The molecule has 0 aliphatic rings. The van der Waals surface area contributed by atoms with Crippen LogP contribution in [0.1, 0.15) is 17.2 Å². The Hall–Kier alpha value is -1.72. The standard InChI is InChI=1S/C14H11ClF3NO/c1-20-13-4-7(15)2-3-8(13)14(19)9-5-11(17)12(18)6-10(9)16/h2-6,14H,19H2,1H3. The summed E-state index contributed by atoms with van der Waals surface area (Å²) >= 11 is 5.82. The third-order valence-corrected chi connectivity index (χ3v) is 3.14. The first-order valence-corrected chi connectivity index (χ1v) is 6.05. The van der Waals surface area contributed by atoms with Crippen LogP contribution in [0.15, 0.2) is 30.3 Å². The van der Waals surface area contributed by atoms with E-state index in [0.29, 0.717) is 22.4 Å². The monoisotopic (exact) mass is 301 g/mol. The molecule has 1 unspecified atom stereocenters. The molecule has 2 rings (SSSR count). The molecule has 0 amide bonds. The summed E-state index contributed by atoms with van der Waals surface area (Å²) in [6, 6.07) is 4.81. The smallest absolute Gasteiger partial charge is 0.161 e. The van der Waals surface area contributed by atoms with Crippen LogP contribution >= 0.6 is 11.6 Å². The number of rotatable bonds is 3. The summed E-state index contributed by atoms with van der Waals surface area (Å²) in [6.07, 6.45) is 0. The third kappa shape index (κ3) is 2.73. The molecule has 0 radical (unpaired) electrons. The highest BCUT2D eigenvalue weighted by molar-refractivity contribution is 6.30. The zero-order chi connectivity index (χ0) is 14.9. The van der Waals surface area contributed by atoms with Gasteiger partial charge in [0.1, 0.15) is 11.6 Å². The van der Waals surface area contributed by atoms with Crippen LogP contribution in [0.25, 0.3) is 0 Å². The maximum atomic E-state index is 13.7. The van der Waals surface area contributed by atoms with Crippen LogP contribution in [0.3, 0.4) is 0 Å². The van der Waals surface area contributed by atoms with Crippen LogP contribution in [0, 0.1) is 17.5 Å². The van der Waals surface area contributed by atoms with E-state index in [1.807, 2.05) is 0 Å². The minimum atomic E-state index is -1.26. The highest BCUT2D eigenvalue weighted by atomic mass is 35.5. The van der Waals surface area contributed by atoms with Gasteiger partial charge in [-0.25, -0.2) is 13.2 Å². The maximum absolute atomic E-state index is 13.7. The second-order valence-electron chi connectivity index (χ2n) is 4.15. The van der Waals surface area contributed by atoms with Crippen molar-refractivity contribution in [1.82, 2.24) is 0 Å². The molecule has 0 aliphatic heterocycles. The highest BCUT2D eigenvalue weighted by Crippen LogP contribution is 2.32. The molecule has 2 aromatic rings. The zero-order valence-corrected chi connectivity index (χ0v) is 11.2. The lowest BCUT2D eigenvalue weighted by Crippen LogP contribution is -2.15. The molecule has 106 valence electrons. The summed E-state index contributed by atoms with van der Waals surface area (Å²) in [5, 5.41) is 0.420. The number of benzene rings is 2. The van der Waals surface area contributed by atoms with Crippen molar-refractivity contribution in [1.29, 1.82) is 0 Å². The molecular weight excluding hydrogens is 291 g/mol. The average Bonchev–Trinajstić information content (AvgIpc) is 2.42. The summed E-state index contributed by atoms with van der Waals surface area (Å²) < 4.78 is 45.0. The Morgan fingerprint density at radius 3 is 2.30 bits per heavy atom. The molecule has 0 fully saturated rings. The number of ether oxygens (including phenoxy) is 1. The van der Waals surface area contributed by atoms with Crippen molar-refractivity contribution >= 4 is 11.6 Å². The Kier molecular flexibility index (Phi) is 4.20. The van der Waals surface area contributed by atoms with Gasteiger partial charge in [0.2, 0.25) is 0 Å². The number of hydrogen-bond acceptors (Lipinski definition) is 2. The van der Waals surface area contributed by atoms with E-state index in [1.54, 1.807) is 12.1 Å². The van der Waals surface area contributed by atoms with Crippen LogP contribution in [-0.4, -0.2) is 7.11 Å². The molecule has 0 aliphatic carbocycles. The van der Waals surface area contributed by atoms with E-state index in [1.165, 1.54) is 13.2 Å². The molecule has 1 atom stereocenters. The summed E-state index contributed by atoms with van der Waals surface area (Å²) in [6.45, 7) is 0. The second kappa shape index (κ2) is 5.73. The minimum Gasteiger partial charge on any atom is -0.496 e. The molecule has 0 saturated carbocycles. The van der Waals surface area contributed by atoms with Crippen LogP contribution in [0.4, 0.5) is 13.2 Å². The van der Waals surface area contributed by atoms with Crippen LogP contribution in [-0.2, 0) is 0 Å². The molecule has 2 N–H and O–H groups in total. The minimum absolute atomic E-state index is 0.162. The van der Waals surface area contributed by atoms with Crippen molar-refractivity contribution in [3.8, 4) is 5.75 Å². The lowest BCUT2D eigenvalue weighted by Gasteiger charge is -2.17. The Balaban J connectivity index is 2.51. The Morgan fingerprint density at radius 1 is 1.00 bits per heavy atom. The lowest BCUT2D eigenvalue weighted by atomic mass is 9.98. The van der Waals surface area contributed by atoms with E-state index in [2.05, 4.69) is 0 Å². The van der Waals surface area contributed by atoms with E-state index in [9.17, 15) is 13.2 Å². The van der Waals surface area contributed by atoms with E-state index in [0.717, 1.165) is 6.07 Å². The van der Waals surface area contributed by atoms with Gasteiger partial charge in [0.05, 0.1) is 13.2 Å². The van der Waals surface area contributed by atoms with Gasteiger partial charge < -0.3 is 10.5 Å². The summed E-state index contributed by atoms with van der Waals surface area (Å²) in [4.78, 5) is 0. The van der Waals surface area contributed by atoms with E-state index >= 15 is 0 Å². The second-order valence-corrected chi connectivity index (χ2v) is 4.59. The third-order valence-electron chi connectivity index (χ3n) is 2.91. The van der Waals surface area contributed by atoms with Gasteiger partial charge in [-0.05, 0) is 18.2 Å². The van der Waals surface area contributed by atoms with Gasteiger partial charge in [-0.3, -0.25) is 0 Å². The SMILES string of the molecule is COc1cc(Cl)ccc1C(N)c1cc(F)c(F)cc1F. The van der Waals surface area contributed by atoms with Crippen LogP contribution in [0.5, 0.6) is 5.75 Å². The molecular formula is C14H11ClF3NO. The Bertz CT molecular complexity index is 649. The fourth-order valence-corrected chi connectivity index (χ4v) is 2.05. The number of nitrogens with two attached hydrogens (primary N) is 1. The topological polar surface area (TPSA) is 35.2 Å². The molecule has 2 aromatic carbocycles. The highest BCUT2D eigenvalue weighted by Gasteiger charge is 2.20. The quantitative estimate of drug-likeness (QED) is 0.875. The first-order valence-electron chi connectivity index (χ1n) is 5.67. The van der Waals surface area contributed by atoms with Crippen molar-refractivity contribution < 1.29 is 17.9 Å². The van der Waals surface area contributed by atoms with Crippen molar-refractivity contribution in [2.45, 2.75) is 6.04 Å². The Labute approximate surface area is 118 Å². The van der Waals surface area contributed by atoms with Crippen molar-refractivity contribution in [2.75, 3.05) is 7.11 Å². The molecule has 0 heterocycles. The largest absolute Gasteiger partial charge is 0.496 e. The van der Waals surface area contributed by atoms with Gasteiger partial charge in [-0.1, -0.05) is 17.7 Å². The van der Waals surface area contributed by atoms with Crippen molar-refractivity contribution in [3.63, 3.8) is 0 Å². The molecule has 20 heavy (non-hydrogen) atoms. The van der Waals surface area contributed by atoms with Crippen molar-refractivity contribution in [2.24, 2.45) is 5.73 Å². The molecule has 0 saturated heterocycles. The number of hydrogen-bond donors (Lipinski definition) is 1. The predicted molar refractivity (Wildman–Crippen MR) is 70.4 cm³/mol. The summed E-state index contributed by atoms with van der Waals surface area (Å²) in [5.41, 5.74) is 6.17. The molecule has 0 aromatic heterocycles. The van der Waals surface area contributed by atoms with Gasteiger partial charge in [0, 0.05) is 22.2 Å². The molecule has 6 heteroatoms. The average molecular weight is 302 g/mol. The van der Waals surface area contributed by atoms with E-state index in [4.69, 9.17) is 22.1 Å². The van der Waals surface area contributed by atoms with Gasteiger partial charge in [-0.2, -0.15) is 0 Å². The van der Waals surface area contributed by atoms with Crippen molar-refractivity contribution in [3.05, 3.63) is 63.9 Å². The van der Waals surface area contributed by atoms with Gasteiger partial charge >= 0.3 is 0 Å². The first-order chi connectivity index (χ1) is 9.43. The zero-order valence-electron chi connectivity index (χ0n) is 10.5. The fraction of sp³-hybridized carbons (Fsp3) is 0.143. The number of halogens is 4. The number of methoxy groups -OCH3 is 1. The maximum Gasteiger partial charge on any atom is 0.161 e. The summed E-state index contributed by atoms with van der Waals surface area (Å²) in [7, 11) is 1.41. The fourth-order valence-electron chi connectivity index (χ4n) is 1.89. The molecule has 0 bridgehead atoms. The molecule has 0 spiro atoms. The van der Waals surface area contributed by atoms with Gasteiger partial charge in [0.25, 0.3) is 0 Å².